The first-order valence-corrected chi connectivity index (χ1v) is 10.4. The van der Waals surface area contributed by atoms with E-state index in [0.717, 1.165) is 62.5 Å². The maximum atomic E-state index is 12.9. The number of carbonyl (C=O) groups excluding carboxylic acids is 1. The van der Waals surface area contributed by atoms with Crippen LogP contribution in [-0.4, -0.2) is 28.8 Å². The van der Waals surface area contributed by atoms with E-state index >= 15 is 0 Å². The molecule has 0 aliphatic carbocycles. The molecule has 1 fully saturated rings. The molecule has 0 bridgehead atoms. The Labute approximate surface area is 172 Å². The summed E-state index contributed by atoms with van der Waals surface area (Å²) >= 11 is 0. The van der Waals surface area contributed by atoms with Gasteiger partial charge in [0.2, 0.25) is 0 Å². The van der Waals surface area contributed by atoms with Gasteiger partial charge >= 0.3 is 0 Å². The average molecular weight is 389 g/mol. The third-order valence-corrected chi connectivity index (χ3v) is 5.43. The number of hydrogen-bond donors (Lipinski definition) is 0. The first-order chi connectivity index (χ1) is 14.3. The molecular formula is C25H28N2O2. The van der Waals surface area contributed by atoms with Crippen LogP contribution in [0.1, 0.15) is 46.5 Å². The second-order valence-electron chi connectivity index (χ2n) is 7.76. The van der Waals surface area contributed by atoms with E-state index in [4.69, 9.17) is 4.42 Å². The summed E-state index contributed by atoms with van der Waals surface area (Å²) in [5.41, 5.74) is 3.21. The molecule has 0 atom stereocenters. The standard InChI is InChI=1S/C25H28N2O2/c28-25(27-14-5-2-6-15-27)23-12-7-11-22(17-23)19-26(20-24-13-8-16-29-24)18-21-9-3-1-4-10-21/h1,3-4,7-13,16-17H,2,5-6,14-15,18-20H2. The number of furan rings is 1. The molecular weight excluding hydrogens is 360 g/mol. The Morgan fingerprint density at radius 1 is 0.828 bits per heavy atom. The van der Waals surface area contributed by atoms with Crippen LogP contribution in [0.3, 0.4) is 0 Å². The lowest BCUT2D eigenvalue weighted by atomic mass is 10.1. The van der Waals surface area contributed by atoms with Gasteiger partial charge in [-0.05, 0) is 54.7 Å². The molecule has 0 spiro atoms. The van der Waals surface area contributed by atoms with E-state index < -0.39 is 0 Å². The van der Waals surface area contributed by atoms with Crippen LogP contribution in [0.25, 0.3) is 0 Å². The van der Waals surface area contributed by atoms with Crippen molar-refractivity contribution >= 4 is 5.91 Å². The van der Waals surface area contributed by atoms with Gasteiger partial charge in [-0.2, -0.15) is 0 Å². The highest BCUT2D eigenvalue weighted by Gasteiger charge is 2.18. The van der Waals surface area contributed by atoms with Gasteiger partial charge in [0.15, 0.2) is 0 Å². The summed E-state index contributed by atoms with van der Waals surface area (Å²) in [5.74, 6) is 1.11. The van der Waals surface area contributed by atoms with E-state index in [0.29, 0.717) is 0 Å². The van der Waals surface area contributed by atoms with Gasteiger partial charge in [-0.1, -0.05) is 42.5 Å². The largest absolute Gasteiger partial charge is 0.468 e. The third kappa shape index (κ3) is 5.36. The number of benzene rings is 2. The van der Waals surface area contributed by atoms with Crippen LogP contribution in [-0.2, 0) is 19.6 Å². The van der Waals surface area contributed by atoms with Gasteiger partial charge in [-0.15, -0.1) is 0 Å². The van der Waals surface area contributed by atoms with E-state index in [1.807, 2.05) is 35.2 Å². The normalized spacial score (nSPS) is 14.3. The van der Waals surface area contributed by atoms with Crippen molar-refractivity contribution in [1.82, 2.24) is 9.80 Å². The first kappa shape index (κ1) is 19.5. The van der Waals surface area contributed by atoms with Gasteiger partial charge in [0.25, 0.3) is 5.91 Å². The summed E-state index contributed by atoms with van der Waals surface area (Å²) in [7, 11) is 0. The summed E-state index contributed by atoms with van der Waals surface area (Å²) < 4.78 is 5.58. The molecule has 0 unspecified atom stereocenters. The van der Waals surface area contributed by atoms with Crippen LogP contribution in [0.5, 0.6) is 0 Å². The van der Waals surface area contributed by atoms with E-state index in [-0.39, 0.29) is 5.91 Å². The lowest BCUT2D eigenvalue weighted by molar-refractivity contribution is 0.0724. The van der Waals surface area contributed by atoms with Crippen molar-refractivity contribution in [3.63, 3.8) is 0 Å². The number of carbonyl (C=O) groups is 1. The van der Waals surface area contributed by atoms with Crippen molar-refractivity contribution in [2.24, 2.45) is 0 Å². The SMILES string of the molecule is O=C(c1cccc(CN(Cc2ccccc2)Cc2ccco2)c1)N1CCCCC1. The van der Waals surface area contributed by atoms with E-state index in [2.05, 4.69) is 41.3 Å². The maximum Gasteiger partial charge on any atom is 0.253 e. The Kier molecular flexibility index (Phi) is 6.42. The second kappa shape index (κ2) is 9.57. The van der Waals surface area contributed by atoms with Gasteiger partial charge < -0.3 is 9.32 Å². The molecule has 4 rings (SSSR count). The minimum absolute atomic E-state index is 0.159. The van der Waals surface area contributed by atoms with Crippen LogP contribution in [0.2, 0.25) is 0 Å². The molecule has 0 radical (unpaired) electrons. The molecule has 29 heavy (non-hydrogen) atoms. The highest BCUT2D eigenvalue weighted by Crippen LogP contribution is 2.18. The van der Waals surface area contributed by atoms with Crippen molar-refractivity contribution in [3.8, 4) is 0 Å². The quantitative estimate of drug-likeness (QED) is 0.564. The summed E-state index contributed by atoms with van der Waals surface area (Å²) in [6, 6.07) is 22.5. The zero-order chi connectivity index (χ0) is 19.9. The topological polar surface area (TPSA) is 36.7 Å². The lowest BCUT2D eigenvalue weighted by Gasteiger charge is -2.27. The Bertz CT molecular complexity index is 900. The van der Waals surface area contributed by atoms with Gasteiger partial charge in [-0.25, -0.2) is 0 Å². The van der Waals surface area contributed by atoms with E-state index in [1.165, 1.54) is 12.0 Å². The summed E-state index contributed by atoms with van der Waals surface area (Å²) in [6.45, 7) is 4.07. The smallest absolute Gasteiger partial charge is 0.253 e. The van der Waals surface area contributed by atoms with Gasteiger partial charge in [-0.3, -0.25) is 9.69 Å². The highest BCUT2D eigenvalue weighted by atomic mass is 16.3. The van der Waals surface area contributed by atoms with Crippen molar-refractivity contribution in [1.29, 1.82) is 0 Å². The predicted molar refractivity (Wildman–Crippen MR) is 114 cm³/mol. The summed E-state index contributed by atoms with van der Waals surface area (Å²) in [4.78, 5) is 17.2. The molecule has 1 aliphatic rings. The lowest BCUT2D eigenvalue weighted by Crippen LogP contribution is -2.35. The number of piperidine rings is 1. The zero-order valence-corrected chi connectivity index (χ0v) is 16.8. The molecule has 1 amide bonds. The fourth-order valence-electron chi connectivity index (χ4n) is 3.97. The van der Waals surface area contributed by atoms with Crippen LogP contribution >= 0.6 is 0 Å². The van der Waals surface area contributed by atoms with Crippen LogP contribution < -0.4 is 0 Å². The molecule has 1 saturated heterocycles. The molecule has 0 saturated carbocycles. The number of amides is 1. The molecule has 3 aromatic rings. The van der Waals surface area contributed by atoms with Crippen LogP contribution in [0.15, 0.2) is 77.4 Å². The van der Waals surface area contributed by atoms with Crippen molar-refractivity contribution in [2.45, 2.75) is 38.9 Å². The van der Waals surface area contributed by atoms with Gasteiger partial charge in [0.05, 0.1) is 12.8 Å². The Balaban J connectivity index is 1.49. The molecule has 0 N–H and O–H groups in total. The molecule has 2 aromatic carbocycles. The molecule has 1 aliphatic heterocycles. The second-order valence-corrected chi connectivity index (χ2v) is 7.76. The molecule has 150 valence electrons. The minimum atomic E-state index is 0.159. The molecule has 1 aromatic heterocycles. The first-order valence-electron chi connectivity index (χ1n) is 10.4. The van der Waals surface area contributed by atoms with Crippen LogP contribution in [0, 0.1) is 0 Å². The van der Waals surface area contributed by atoms with Crippen molar-refractivity contribution < 1.29 is 9.21 Å². The van der Waals surface area contributed by atoms with E-state index in [1.54, 1.807) is 6.26 Å². The monoisotopic (exact) mass is 388 g/mol. The Morgan fingerprint density at radius 2 is 1.59 bits per heavy atom. The summed E-state index contributed by atoms with van der Waals surface area (Å²) in [5, 5.41) is 0. The predicted octanol–water partition coefficient (Wildman–Crippen LogP) is 5.11. The van der Waals surface area contributed by atoms with Gasteiger partial charge in [0, 0.05) is 31.7 Å². The van der Waals surface area contributed by atoms with Gasteiger partial charge in [0.1, 0.15) is 5.76 Å². The number of likely N-dealkylation sites (tertiary alicyclic amines) is 1. The molecule has 4 heteroatoms. The fourth-order valence-corrected chi connectivity index (χ4v) is 3.97. The molecule has 2 heterocycles. The minimum Gasteiger partial charge on any atom is -0.468 e. The number of rotatable bonds is 7. The maximum absolute atomic E-state index is 12.9. The van der Waals surface area contributed by atoms with Crippen LogP contribution in [0.4, 0.5) is 0 Å². The number of hydrogen-bond acceptors (Lipinski definition) is 3. The zero-order valence-electron chi connectivity index (χ0n) is 16.8. The average Bonchev–Trinajstić information content (AvgIpc) is 3.28. The fraction of sp³-hybridized carbons (Fsp3) is 0.320. The Morgan fingerprint density at radius 3 is 2.34 bits per heavy atom. The summed E-state index contributed by atoms with van der Waals surface area (Å²) in [6.07, 6.45) is 5.16. The molecule has 4 nitrogen and oxygen atoms in total. The number of nitrogens with zero attached hydrogens (tertiary/aromatic N) is 2. The highest BCUT2D eigenvalue weighted by molar-refractivity contribution is 5.94. The Hall–Kier alpha value is -2.85. The van der Waals surface area contributed by atoms with Crippen molar-refractivity contribution in [2.75, 3.05) is 13.1 Å². The van der Waals surface area contributed by atoms with Crippen molar-refractivity contribution in [3.05, 3.63) is 95.4 Å². The van der Waals surface area contributed by atoms with E-state index in [9.17, 15) is 4.79 Å². The third-order valence-electron chi connectivity index (χ3n) is 5.43.